The van der Waals surface area contributed by atoms with Gasteiger partial charge in [0.15, 0.2) is 12.6 Å². The zero-order chi connectivity index (χ0) is 27.6. The van der Waals surface area contributed by atoms with Crippen molar-refractivity contribution in [2.45, 2.75) is 106 Å². The van der Waals surface area contributed by atoms with E-state index in [2.05, 4.69) is 5.32 Å². The van der Waals surface area contributed by atoms with E-state index in [-0.39, 0.29) is 0 Å². The van der Waals surface area contributed by atoms with E-state index in [4.69, 9.17) is 23.7 Å². The van der Waals surface area contributed by atoms with Gasteiger partial charge in [-0.3, -0.25) is 4.79 Å². The highest BCUT2D eigenvalue weighted by molar-refractivity contribution is 5.73. The molecule has 3 heterocycles. The van der Waals surface area contributed by atoms with E-state index in [1.807, 2.05) is 0 Å². The van der Waals surface area contributed by atoms with E-state index in [1.165, 1.54) is 6.92 Å². The maximum absolute atomic E-state index is 11.9. The first kappa shape index (κ1) is 30.5. The molecular formula is C21H37NO15. The summed E-state index contributed by atoms with van der Waals surface area (Å²) in [6.45, 7) is 0.595. The van der Waals surface area contributed by atoms with Crippen molar-refractivity contribution in [2.24, 2.45) is 0 Å². The van der Waals surface area contributed by atoms with Crippen molar-refractivity contribution in [1.29, 1.82) is 0 Å². The van der Waals surface area contributed by atoms with Gasteiger partial charge in [-0.25, -0.2) is 0 Å². The van der Waals surface area contributed by atoms with E-state index >= 15 is 0 Å². The molecule has 3 aliphatic rings. The SMILES string of the molecule is CC(=O)NC1C(O)[C@H](O[C@@H]2OC(CO)[C@H](O)C(O)C2O)C(CO)O[C@H]1OC1C(O)[C@H](O)C(CO)O[C@@H]1C. The fourth-order valence-corrected chi connectivity index (χ4v) is 4.70. The van der Waals surface area contributed by atoms with Gasteiger partial charge in [0.1, 0.15) is 73.2 Å². The molecule has 9 unspecified atom stereocenters. The van der Waals surface area contributed by atoms with Crippen molar-refractivity contribution in [1.82, 2.24) is 5.32 Å². The Morgan fingerprint density at radius 1 is 0.676 bits per heavy atom. The molecule has 0 aromatic heterocycles. The largest absolute Gasteiger partial charge is 0.394 e. The smallest absolute Gasteiger partial charge is 0.217 e. The molecule has 3 aliphatic heterocycles. The van der Waals surface area contributed by atoms with Crippen molar-refractivity contribution >= 4 is 5.91 Å². The zero-order valence-electron chi connectivity index (χ0n) is 20.3. The van der Waals surface area contributed by atoms with Gasteiger partial charge in [0.25, 0.3) is 0 Å². The number of amides is 1. The predicted octanol–water partition coefficient (Wildman–Crippen LogP) is -6.36. The number of hydrogen-bond acceptors (Lipinski definition) is 15. The topological polar surface area (TPSA) is 257 Å². The van der Waals surface area contributed by atoms with Crippen LogP contribution >= 0.6 is 0 Å². The predicted molar refractivity (Wildman–Crippen MR) is 116 cm³/mol. The second-order valence-electron chi connectivity index (χ2n) is 9.38. The average Bonchev–Trinajstić information content (AvgIpc) is 2.86. The molecule has 3 rings (SSSR count). The molecule has 216 valence electrons. The van der Waals surface area contributed by atoms with Crippen LogP contribution in [0.2, 0.25) is 0 Å². The van der Waals surface area contributed by atoms with Gasteiger partial charge in [0.2, 0.25) is 5.91 Å². The Kier molecular flexibility index (Phi) is 10.6. The highest BCUT2D eigenvalue weighted by Crippen LogP contribution is 2.32. The summed E-state index contributed by atoms with van der Waals surface area (Å²) in [6.07, 6.45) is -20.5. The van der Waals surface area contributed by atoms with Crippen LogP contribution in [0.15, 0.2) is 0 Å². The number of aliphatic hydroxyl groups excluding tert-OH is 9. The number of carbonyl (C=O) groups is 1. The second-order valence-corrected chi connectivity index (χ2v) is 9.38. The van der Waals surface area contributed by atoms with Crippen LogP contribution in [0.25, 0.3) is 0 Å². The van der Waals surface area contributed by atoms with Gasteiger partial charge in [-0.2, -0.15) is 0 Å². The average molecular weight is 544 g/mol. The Morgan fingerprint density at radius 2 is 1.19 bits per heavy atom. The van der Waals surface area contributed by atoms with Crippen LogP contribution in [-0.2, 0) is 28.5 Å². The zero-order valence-corrected chi connectivity index (χ0v) is 20.3. The second kappa shape index (κ2) is 12.8. The van der Waals surface area contributed by atoms with Crippen LogP contribution in [0.5, 0.6) is 0 Å². The third-order valence-electron chi connectivity index (χ3n) is 6.75. The van der Waals surface area contributed by atoms with Crippen LogP contribution < -0.4 is 5.32 Å². The number of hydrogen-bond donors (Lipinski definition) is 10. The van der Waals surface area contributed by atoms with Crippen molar-refractivity contribution < 1.29 is 74.4 Å². The number of nitrogens with one attached hydrogen (secondary N) is 1. The lowest BCUT2D eigenvalue weighted by molar-refractivity contribution is -0.359. The van der Waals surface area contributed by atoms with Gasteiger partial charge in [-0.1, -0.05) is 0 Å². The van der Waals surface area contributed by atoms with Crippen molar-refractivity contribution in [3.8, 4) is 0 Å². The monoisotopic (exact) mass is 543 g/mol. The van der Waals surface area contributed by atoms with Crippen molar-refractivity contribution in [3.05, 3.63) is 0 Å². The molecule has 3 fully saturated rings. The van der Waals surface area contributed by atoms with E-state index < -0.39 is 118 Å². The maximum atomic E-state index is 11.9. The Hall–Kier alpha value is -1.09. The number of rotatable bonds is 8. The first-order valence-corrected chi connectivity index (χ1v) is 11.9. The summed E-state index contributed by atoms with van der Waals surface area (Å²) in [7, 11) is 0. The van der Waals surface area contributed by atoms with Crippen LogP contribution in [0.3, 0.4) is 0 Å². The molecule has 16 heteroatoms. The lowest BCUT2D eigenvalue weighted by Crippen LogP contribution is -2.69. The fourth-order valence-electron chi connectivity index (χ4n) is 4.70. The molecule has 0 radical (unpaired) electrons. The van der Waals surface area contributed by atoms with E-state index in [1.54, 1.807) is 0 Å². The highest BCUT2D eigenvalue weighted by Gasteiger charge is 2.53. The molecule has 37 heavy (non-hydrogen) atoms. The summed E-state index contributed by atoms with van der Waals surface area (Å²) in [5.41, 5.74) is 0. The van der Waals surface area contributed by atoms with Gasteiger partial charge in [-0.05, 0) is 6.92 Å². The number of carbonyl (C=O) groups excluding carboxylic acids is 1. The molecule has 0 aromatic rings. The van der Waals surface area contributed by atoms with E-state index in [0.29, 0.717) is 0 Å². The summed E-state index contributed by atoms with van der Waals surface area (Å²) in [5.74, 6) is -0.621. The molecule has 0 bridgehead atoms. The summed E-state index contributed by atoms with van der Waals surface area (Å²) in [4.78, 5) is 11.9. The standard InChI is InChI=1S/C21H37NO15/c1-6-18(16(31)13(28)8(3-23)33-6)36-20-11(22-7(2)26)14(29)19(10(5-25)35-20)37-21-17(32)15(30)12(27)9(4-24)34-21/h6,8-21,23-25,27-32H,3-5H2,1-2H3,(H,22,26)/t6-,8?,9?,10?,11?,12+,13-,14?,15?,16?,17?,18?,19-,20+,21+/m1/s1. The van der Waals surface area contributed by atoms with Crippen molar-refractivity contribution in [2.75, 3.05) is 19.8 Å². The molecular weight excluding hydrogens is 506 g/mol. The van der Waals surface area contributed by atoms with E-state index in [0.717, 1.165) is 6.92 Å². The molecule has 1 amide bonds. The Bertz CT molecular complexity index is 745. The normalized spacial score (nSPS) is 49.0. The summed E-state index contributed by atoms with van der Waals surface area (Å²) in [5, 5.41) is 93.3. The minimum atomic E-state index is -1.81. The molecule has 0 aromatic carbocycles. The molecule has 16 nitrogen and oxygen atoms in total. The molecule has 0 spiro atoms. The molecule has 0 saturated carbocycles. The van der Waals surface area contributed by atoms with Gasteiger partial charge < -0.3 is 75.0 Å². The number of aliphatic hydroxyl groups is 9. The Morgan fingerprint density at radius 3 is 1.76 bits per heavy atom. The lowest BCUT2D eigenvalue weighted by atomic mass is 9.93. The highest BCUT2D eigenvalue weighted by atomic mass is 16.7. The Labute approximate surface area is 211 Å². The minimum Gasteiger partial charge on any atom is -0.394 e. The molecule has 3 saturated heterocycles. The third kappa shape index (κ3) is 6.39. The van der Waals surface area contributed by atoms with Crippen LogP contribution in [0.1, 0.15) is 13.8 Å². The Balaban J connectivity index is 1.81. The molecule has 15 atom stereocenters. The van der Waals surface area contributed by atoms with Crippen LogP contribution in [-0.4, -0.2) is 164 Å². The third-order valence-corrected chi connectivity index (χ3v) is 6.75. The fraction of sp³-hybridized carbons (Fsp3) is 0.952. The van der Waals surface area contributed by atoms with Gasteiger partial charge in [0.05, 0.1) is 25.9 Å². The van der Waals surface area contributed by atoms with Crippen LogP contribution in [0, 0.1) is 0 Å². The summed E-state index contributed by atoms with van der Waals surface area (Å²) < 4.78 is 27.9. The first-order valence-electron chi connectivity index (χ1n) is 11.9. The van der Waals surface area contributed by atoms with Gasteiger partial charge >= 0.3 is 0 Å². The minimum absolute atomic E-state index is 0.563. The van der Waals surface area contributed by atoms with Crippen LogP contribution in [0.4, 0.5) is 0 Å². The maximum Gasteiger partial charge on any atom is 0.217 e. The van der Waals surface area contributed by atoms with Gasteiger partial charge in [0, 0.05) is 6.92 Å². The lowest BCUT2D eigenvalue weighted by Gasteiger charge is -2.49. The van der Waals surface area contributed by atoms with E-state index in [9.17, 15) is 50.8 Å². The summed E-state index contributed by atoms with van der Waals surface area (Å²) >= 11 is 0. The van der Waals surface area contributed by atoms with Crippen molar-refractivity contribution in [3.63, 3.8) is 0 Å². The summed E-state index contributed by atoms with van der Waals surface area (Å²) in [6, 6.07) is -1.37. The first-order chi connectivity index (χ1) is 17.4. The van der Waals surface area contributed by atoms with Gasteiger partial charge in [-0.15, -0.1) is 0 Å². The molecule has 0 aliphatic carbocycles. The number of ether oxygens (including phenoxy) is 5. The quantitative estimate of drug-likeness (QED) is 0.137. The molecule has 10 N–H and O–H groups in total.